The molecule has 0 unspecified atom stereocenters. The zero-order valence-corrected chi connectivity index (χ0v) is 45.2. The van der Waals surface area contributed by atoms with E-state index in [1.807, 2.05) is 26.8 Å². The second-order valence-electron chi connectivity index (χ2n) is 19.2. The Morgan fingerprint density at radius 1 is 0.620 bits per heavy atom. The molecular weight excluding hydrogens is 1050 g/mol. The number of aliphatic hydroxyl groups excluding tert-OH is 1. The van der Waals surface area contributed by atoms with E-state index in [9.17, 15) is 31.5 Å². The van der Waals surface area contributed by atoms with Gasteiger partial charge in [-0.25, -0.2) is 44.7 Å². The van der Waals surface area contributed by atoms with Crippen molar-refractivity contribution in [3.8, 4) is 23.6 Å². The van der Waals surface area contributed by atoms with Gasteiger partial charge < -0.3 is 14.9 Å². The average Bonchev–Trinajstić information content (AvgIpc) is 4.49. The van der Waals surface area contributed by atoms with Crippen LogP contribution in [-0.2, 0) is 29.6 Å². The molecule has 2 aliphatic rings. The zero-order valence-electron chi connectivity index (χ0n) is 43.6. The maximum absolute atomic E-state index is 13.1. The first-order valence-corrected chi connectivity index (χ1v) is 28.3. The first-order chi connectivity index (χ1) is 37.9. The first kappa shape index (κ1) is 56.3. The molecule has 408 valence electrons. The molecule has 4 aromatic heterocycles. The predicted octanol–water partition coefficient (Wildman–Crippen LogP) is 7.66. The lowest BCUT2D eigenvalue weighted by molar-refractivity contribution is -0.126. The van der Waals surface area contributed by atoms with Crippen molar-refractivity contribution < 1.29 is 41.4 Å². The summed E-state index contributed by atoms with van der Waals surface area (Å²) in [5.74, 6) is 0.862. The van der Waals surface area contributed by atoms with Crippen LogP contribution in [0.5, 0.6) is 11.5 Å². The van der Waals surface area contributed by atoms with Gasteiger partial charge in [0.15, 0.2) is 22.9 Å². The third-order valence-electron chi connectivity index (χ3n) is 13.8. The minimum absolute atomic E-state index is 0.106. The van der Waals surface area contributed by atoms with Crippen LogP contribution in [0.2, 0.25) is 0 Å². The number of carbonyl (C=O) groups excluding carboxylic acids is 2. The summed E-state index contributed by atoms with van der Waals surface area (Å²) >= 11 is 0. The molecule has 0 spiro atoms. The monoisotopic (exact) mass is 1110 g/mol. The fourth-order valence-corrected chi connectivity index (χ4v) is 12.1. The van der Waals surface area contributed by atoms with Crippen LogP contribution in [0.3, 0.4) is 0 Å². The number of rotatable bonds is 14. The van der Waals surface area contributed by atoms with Gasteiger partial charge in [0.1, 0.15) is 22.5 Å². The van der Waals surface area contributed by atoms with E-state index in [2.05, 4.69) is 54.6 Å². The van der Waals surface area contributed by atoms with E-state index in [1.165, 1.54) is 36.9 Å². The van der Waals surface area contributed by atoms with Crippen molar-refractivity contribution in [2.75, 3.05) is 10.9 Å². The number of phenolic OH excluding ortho intramolecular Hbond substituents is 1. The van der Waals surface area contributed by atoms with Crippen LogP contribution in [-0.4, -0.2) is 79.0 Å². The number of phenols is 1. The normalized spacial score (nSPS) is 18.7. The van der Waals surface area contributed by atoms with Gasteiger partial charge in [-0.2, -0.15) is 10.5 Å². The van der Waals surface area contributed by atoms with Gasteiger partial charge in [-0.1, -0.05) is 62.1 Å². The van der Waals surface area contributed by atoms with Crippen LogP contribution < -0.4 is 26.4 Å². The molecule has 4 aromatic carbocycles. The molecule has 4 heterocycles. The number of nitrogens with zero attached hydrogens (tertiary/aromatic N) is 8. The van der Waals surface area contributed by atoms with Crippen molar-refractivity contribution in [3.05, 3.63) is 156 Å². The van der Waals surface area contributed by atoms with Gasteiger partial charge in [0.05, 0.1) is 57.7 Å². The molecule has 79 heavy (non-hydrogen) atoms. The number of aryl methyl sites for hydroxylation is 2. The third-order valence-corrected chi connectivity index (χ3v) is 17.2. The van der Waals surface area contributed by atoms with Gasteiger partial charge in [0, 0.05) is 24.2 Å². The second-order valence-corrected chi connectivity index (χ2v) is 22.8. The molecule has 21 nitrogen and oxygen atoms in total. The number of aliphatic hydroxyl groups is 1. The standard InChI is InChI=1S/C28H28N6O4S.C21H25N5O4S.C7H5NO/c1-3-20-14-22(38-21-8-6-19(16-29)7-9-21)15-24(20)28(35)33-32-26-17-30-27-25(31-26)12-13-34(27)39(36,37)23-10-4-18(2)5-11-23;1-3-14-10-15(27)11-17(14)21(28)25-24-19-12-22-20-18(23-19)8-9-26(20)31(29,30)16-6-4-13(2)5-7-16;8-5-6-1-3-7(9)4-2-6/h4-13,17,20,22,24H,3,14-15H2,1-2H3,(H,31,32)(H,33,35);4-9,12,14-15,17,27H,3,10-11H2,1-2H3,(H,23,24)(H,25,28);1-4,9H/t20-,22-,24+;14-,15+,17+;/m11./s1. The van der Waals surface area contributed by atoms with Crippen LogP contribution in [0.25, 0.3) is 22.3 Å². The smallest absolute Gasteiger partial charge is 0.269 e. The Bertz CT molecular complexity index is 3770. The number of carbonyl (C=O) groups is 2. The summed E-state index contributed by atoms with van der Waals surface area (Å²) < 4.78 is 60.4. The second kappa shape index (κ2) is 24.6. The van der Waals surface area contributed by atoms with Crippen LogP contribution in [0.15, 0.2) is 144 Å². The molecular formula is C56H58N12O9S2. The molecule has 0 saturated heterocycles. The lowest BCUT2D eigenvalue weighted by Crippen LogP contribution is -2.37. The fraction of sp³-hybridized carbons (Fsp3) is 0.286. The molecule has 0 bridgehead atoms. The van der Waals surface area contributed by atoms with Crippen molar-refractivity contribution in [1.29, 1.82) is 10.5 Å². The van der Waals surface area contributed by atoms with E-state index in [0.29, 0.717) is 47.2 Å². The maximum Gasteiger partial charge on any atom is 0.269 e. The van der Waals surface area contributed by atoms with Crippen LogP contribution in [0.4, 0.5) is 11.6 Å². The van der Waals surface area contributed by atoms with Crippen LogP contribution in [0.1, 0.15) is 74.6 Å². The minimum Gasteiger partial charge on any atom is -0.508 e. The topological polar surface area (TPSA) is 309 Å². The molecule has 2 aliphatic carbocycles. The first-order valence-electron chi connectivity index (χ1n) is 25.4. The number of nitrogens with one attached hydrogen (secondary N) is 4. The van der Waals surface area contributed by atoms with Gasteiger partial charge in [-0.3, -0.25) is 31.3 Å². The van der Waals surface area contributed by atoms with Crippen molar-refractivity contribution in [2.24, 2.45) is 23.7 Å². The molecule has 2 amide bonds. The number of ether oxygens (including phenoxy) is 1. The molecule has 8 aromatic rings. The van der Waals surface area contributed by atoms with Gasteiger partial charge in [-0.05, 0) is 136 Å². The number of hydrogen-bond acceptors (Lipinski definition) is 17. The van der Waals surface area contributed by atoms with Crippen molar-refractivity contribution in [1.82, 2.24) is 38.7 Å². The Morgan fingerprint density at radius 3 is 1.49 bits per heavy atom. The molecule has 10 rings (SSSR count). The maximum atomic E-state index is 13.1. The fourth-order valence-electron chi connectivity index (χ4n) is 9.51. The number of hydrazine groups is 2. The molecule has 23 heteroatoms. The van der Waals surface area contributed by atoms with Crippen LogP contribution >= 0.6 is 0 Å². The number of aromatic nitrogens is 6. The number of nitriles is 2. The van der Waals surface area contributed by atoms with E-state index in [4.69, 9.17) is 20.4 Å². The Labute approximate surface area is 457 Å². The van der Waals surface area contributed by atoms with Gasteiger partial charge in [0.25, 0.3) is 20.0 Å². The summed E-state index contributed by atoms with van der Waals surface area (Å²) in [6.07, 6.45) is 9.06. The Morgan fingerprint density at radius 2 is 1.05 bits per heavy atom. The number of fused-ring (bicyclic) bond motifs is 2. The molecule has 6 N–H and O–H groups in total. The van der Waals surface area contributed by atoms with E-state index < -0.39 is 26.2 Å². The molecule has 0 radical (unpaired) electrons. The number of aromatic hydroxyl groups is 1. The lowest BCUT2D eigenvalue weighted by Gasteiger charge is -2.17. The van der Waals surface area contributed by atoms with Crippen molar-refractivity contribution in [2.45, 2.75) is 88.2 Å². The summed E-state index contributed by atoms with van der Waals surface area (Å²) in [6, 6.07) is 33.4. The van der Waals surface area contributed by atoms with E-state index in [-0.39, 0.29) is 80.1 Å². The van der Waals surface area contributed by atoms with Crippen LogP contribution in [0, 0.1) is 60.2 Å². The highest BCUT2D eigenvalue weighted by atomic mass is 32.2. The summed E-state index contributed by atoms with van der Waals surface area (Å²) in [5.41, 5.74) is 15.1. The largest absolute Gasteiger partial charge is 0.508 e. The number of amides is 2. The minimum atomic E-state index is -3.83. The number of hydrogen-bond donors (Lipinski definition) is 6. The molecule has 2 fully saturated rings. The summed E-state index contributed by atoms with van der Waals surface area (Å²) in [4.78, 5) is 43.2. The van der Waals surface area contributed by atoms with Crippen molar-refractivity contribution >= 4 is 65.8 Å². The van der Waals surface area contributed by atoms with E-state index in [1.54, 1.807) is 97.1 Å². The van der Waals surface area contributed by atoms with E-state index >= 15 is 0 Å². The SMILES string of the molecule is CC[C@@H]1C[C@@H](Oc2ccc(C#N)cc2)C[C@@H]1C(=O)NNc1cnc2c(ccn2S(=O)(=O)c2ccc(C)cc2)n1.CC[C@@H]1C[C@H](O)C[C@@H]1C(=O)NNc1cnc2c(ccn2S(=O)(=O)c2ccc(C)cc2)n1.N#Cc1ccc(O)cc1. The number of anilines is 2. The third kappa shape index (κ3) is 13.3. The summed E-state index contributed by atoms with van der Waals surface area (Å²) in [7, 11) is -7.63. The van der Waals surface area contributed by atoms with Gasteiger partial charge in [-0.15, -0.1) is 0 Å². The highest BCUT2D eigenvalue weighted by Crippen LogP contribution is 2.37. The zero-order chi connectivity index (χ0) is 56.4. The highest BCUT2D eigenvalue weighted by Gasteiger charge is 2.39. The summed E-state index contributed by atoms with van der Waals surface area (Å²) in [5, 5.41) is 35.9. The lowest BCUT2D eigenvalue weighted by atomic mass is 9.93. The average molecular weight is 1110 g/mol. The van der Waals surface area contributed by atoms with E-state index in [0.717, 1.165) is 38.3 Å². The van der Waals surface area contributed by atoms with Gasteiger partial charge >= 0.3 is 0 Å². The quantitative estimate of drug-likeness (QED) is 0.0569. The summed E-state index contributed by atoms with van der Waals surface area (Å²) in [6.45, 7) is 7.83. The van der Waals surface area contributed by atoms with Gasteiger partial charge in [0.2, 0.25) is 11.8 Å². The Hall–Kier alpha value is -8.90. The number of benzene rings is 4. The molecule has 6 atom stereocenters. The Balaban J connectivity index is 0.000000183. The van der Waals surface area contributed by atoms with Crippen molar-refractivity contribution in [3.63, 3.8) is 0 Å². The molecule has 0 aliphatic heterocycles. The predicted molar refractivity (Wildman–Crippen MR) is 294 cm³/mol. The Kier molecular flexibility index (Phi) is 17.5. The molecule has 2 saturated carbocycles. The highest BCUT2D eigenvalue weighted by molar-refractivity contribution is 7.90.